The lowest BCUT2D eigenvalue weighted by atomic mass is 10.1. The summed E-state index contributed by atoms with van der Waals surface area (Å²) in [4.78, 5) is 23.7. The molecule has 0 bridgehead atoms. The molecular formula is C16H17NO4. The number of aromatic nitrogens is 1. The van der Waals surface area contributed by atoms with E-state index in [1.54, 1.807) is 61.3 Å². The first kappa shape index (κ1) is 14.8. The van der Waals surface area contributed by atoms with Gasteiger partial charge in [-0.1, -0.05) is 0 Å². The van der Waals surface area contributed by atoms with Crippen molar-refractivity contribution in [3.63, 3.8) is 0 Å². The fraction of sp³-hybridized carbons (Fsp3) is 0.250. The van der Waals surface area contributed by atoms with Gasteiger partial charge in [0.05, 0.1) is 13.7 Å². The quantitative estimate of drug-likeness (QED) is 0.604. The van der Waals surface area contributed by atoms with Crippen molar-refractivity contribution in [2.45, 2.75) is 13.5 Å². The number of ketones is 1. The van der Waals surface area contributed by atoms with E-state index in [1.165, 1.54) is 0 Å². The number of rotatable bonds is 6. The third kappa shape index (κ3) is 3.72. The molecule has 0 unspecified atom stereocenters. The van der Waals surface area contributed by atoms with Crippen molar-refractivity contribution in [2.75, 3.05) is 13.7 Å². The summed E-state index contributed by atoms with van der Waals surface area (Å²) in [5, 5.41) is 0. The van der Waals surface area contributed by atoms with E-state index >= 15 is 0 Å². The van der Waals surface area contributed by atoms with Crippen molar-refractivity contribution >= 4 is 11.8 Å². The molecular weight excluding hydrogens is 270 g/mol. The predicted octanol–water partition coefficient (Wildman–Crippen LogP) is 2.29. The monoisotopic (exact) mass is 287 g/mol. The molecule has 2 rings (SSSR count). The highest BCUT2D eigenvalue weighted by molar-refractivity contribution is 6.08. The van der Waals surface area contributed by atoms with Crippen LogP contribution in [0.3, 0.4) is 0 Å². The number of carbonyl (C=O) groups excluding carboxylic acids is 2. The van der Waals surface area contributed by atoms with E-state index in [-0.39, 0.29) is 18.3 Å². The largest absolute Gasteiger partial charge is 0.497 e. The SMILES string of the molecule is CCOC(=O)Cn1ccc(C(=O)c2ccc(OC)cc2)c1. The molecule has 0 amide bonds. The highest BCUT2D eigenvalue weighted by atomic mass is 16.5. The molecule has 0 atom stereocenters. The second-order valence-corrected chi connectivity index (χ2v) is 4.44. The standard InChI is InChI=1S/C16H17NO4/c1-3-21-15(18)11-17-9-8-13(10-17)16(19)12-4-6-14(20-2)7-5-12/h4-10H,3,11H2,1-2H3. The maximum Gasteiger partial charge on any atom is 0.325 e. The maximum atomic E-state index is 12.3. The van der Waals surface area contributed by atoms with Gasteiger partial charge in [-0.05, 0) is 37.3 Å². The normalized spacial score (nSPS) is 10.2. The minimum Gasteiger partial charge on any atom is -0.497 e. The zero-order chi connectivity index (χ0) is 15.2. The van der Waals surface area contributed by atoms with Gasteiger partial charge in [0.2, 0.25) is 0 Å². The summed E-state index contributed by atoms with van der Waals surface area (Å²) in [7, 11) is 1.58. The van der Waals surface area contributed by atoms with Crippen molar-refractivity contribution < 1.29 is 19.1 Å². The van der Waals surface area contributed by atoms with E-state index in [1.807, 2.05) is 0 Å². The van der Waals surface area contributed by atoms with Gasteiger partial charge in [-0.2, -0.15) is 0 Å². The van der Waals surface area contributed by atoms with Gasteiger partial charge in [0.25, 0.3) is 0 Å². The molecule has 1 aromatic heterocycles. The molecule has 0 spiro atoms. The highest BCUT2D eigenvalue weighted by Gasteiger charge is 2.12. The number of hydrogen-bond donors (Lipinski definition) is 0. The minimum absolute atomic E-state index is 0.0970. The third-order valence-electron chi connectivity index (χ3n) is 2.98. The lowest BCUT2D eigenvalue weighted by Gasteiger charge is -2.03. The summed E-state index contributed by atoms with van der Waals surface area (Å²) >= 11 is 0. The van der Waals surface area contributed by atoms with Gasteiger partial charge in [-0.25, -0.2) is 0 Å². The van der Waals surface area contributed by atoms with E-state index in [9.17, 15) is 9.59 Å². The van der Waals surface area contributed by atoms with Crippen LogP contribution in [0.25, 0.3) is 0 Å². The zero-order valence-electron chi connectivity index (χ0n) is 12.0. The molecule has 0 N–H and O–H groups in total. The van der Waals surface area contributed by atoms with Gasteiger partial charge in [0, 0.05) is 23.5 Å². The molecule has 1 heterocycles. The molecule has 110 valence electrons. The summed E-state index contributed by atoms with van der Waals surface area (Å²) in [5.41, 5.74) is 1.11. The maximum absolute atomic E-state index is 12.3. The fourth-order valence-electron chi connectivity index (χ4n) is 1.94. The first-order valence-corrected chi connectivity index (χ1v) is 6.64. The van der Waals surface area contributed by atoms with Crippen molar-refractivity contribution in [1.82, 2.24) is 4.57 Å². The first-order valence-electron chi connectivity index (χ1n) is 6.64. The second kappa shape index (κ2) is 6.74. The molecule has 21 heavy (non-hydrogen) atoms. The highest BCUT2D eigenvalue weighted by Crippen LogP contribution is 2.15. The number of methoxy groups -OCH3 is 1. The summed E-state index contributed by atoms with van der Waals surface area (Å²) in [6.07, 6.45) is 3.33. The Morgan fingerprint density at radius 1 is 1.10 bits per heavy atom. The van der Waals surface area contributed by atoms with E-state index < -0.39 is 0 Å². The topological polar surface area (TPSA) is 57.5 Å². The van der Waals surface area contributed by atoms with Crippen LogP contribution < -0.4 is 4.74 Å². The molecule has 0 radical (unpaired) electrons. The van der Waals surface area contributed by atoms with Crippen molar-refractivity contribution in [3.8, 4) is 5.75 Å². The molecule has 5 nitrogen and oxygen atoms in total. The summed E-state index contributed by atoms with van der Waals surface area (Å²) in [5.74, 6) is 0.281. The lowest BCUT2D eigenvalue weighted by molar-refractivity contribution is -0.143. The molecule has 0 fully saturated rings. The van der Waals surface area contributed by atoms with E-state index in [4.69, 9.17) is 9.47 Å². The van der Waals surface area contributed by atoms with E-state index in [0.717, 1.165) is 0 Å². The van der Waals surface area contributed by atoms with Crippen LogP contribution in [0, 0.1) is 0 Å². The van der Waals surface area contributed by atoms with Crippen LogP contribution in [0.15, 0.2) is 42.7 Å². The van der Waals surface area contributed by atoms with Crippen molar-refractivity contribution in [3.05, 3.63) is 53.9 Å². The molecule has 2 aromatic rings. The number of hydrogen-bond acceptors (Lipinski definition) is 4. The van der Waals surface area contributed by atoms with Crippen LogP contribution in [0.5, 0.6) is 5.75 Å². The van der Waals surface area contributed by atoms with Crippen LogP contribution in [0.1, 0.15) is 22.8 Å². The second-order valence-electron chi connectivity index (χ2n) is 4.44. The number of benzene rings is 1. The predicted molar refractivity (Wildman–Crippen MR) is 77.5 cm³/mol. The molecule has 1 aromatic carbocycles. The zero-order valence-corrected chi connectivity index (χ0v) is 12.0. The molecule has 0 saturated carbocycles. The molecule has 5 heteroatoms. The van der Waals surface area contributed by atoms with Crippen LogP contribution in [0.2, 0.25) is 0 Å². The lowest BCUT2D eigenvalue weighted by Crippen LogP contribution is -2.12. The Kier molecular flexibility index (Phi) is 4.77. The Bertz CT molecular complexity index is 628. The molecule has 0 saturated heterocycles. The van der Waals surface area contributed by atoms with Crippen LogP contribution in [-0.2, 0) is 16.1 Å². The molecule has 0 aliphatic heterocycles. The number of carbonyl (C=O) groups is 2. The third-order valence-corrected chi connectivity index (χ3v) is 2.98. The first-order chi connectivity index (χ1) is 10.1. The number of nitrogens with zero attached hydrogens (tertiary/aromatic N) is 1. The Morgan fingerprint density at radius 2 is 1.81 bits per heavy atom. The Hall–Kier alpha value is -2.56. The Labute approximate surface area is 123 Å². The number of ether oxygens (including phenoxy) is 2. The summed E-state index contributed by atoms with van der Waals surface area (Å²) in [6.45, 7) is 2.20. The smallest absolute Gasteiger partial charge is 0.325 e. The minimum atomic E-state index is -0.323. The fourth-order valence-corrected chi connectivity index (χ4v) is 1.94. The van der Waals surface area contributed by atoms with Gasteiger partial charge in [0.1, 0.15) is 12.3 Å². The number of esters is 1. The average Bonchev–Trinajstić information content (AvgIpc) is 2.95. The van der Waals surface area contributed by atoms with Gasteiger partial charge in [-0.3, -0.25) is 9.59 Å². The van der Waals surface area contributed by atoms with E-state index in [2.05, 4.69) is 0 Å². The molecule has 0 aliphatic carbocycles. The average molecular weight is 287 g/mol. The Morgan fingerprint density at radius 3 is 2.43 bits per heavy atom. The summed E-state index contributed by atoms with van der Waals surface area (Å²) < 4.78 is 11.6. The summed E-state index contributed by atoms with van der Waals surface area (Å²) in [6, 6.07) is 8.59. The van der Waals surface area contributed by atoms with Crippen LogP contribution in [0.4, 0.5) is 0 Å². The van der Waals surface area contributed by atoms with Crippen LogP contribution >= 0.6 is 0 Å². The van der Waals surface area contributed by atoms with Crippen LogP contribution in [-0.4, -0.2) is 30.0 Å². The molecule has 0 aliphatic rings. The van der Waals surface area contributed by atoms with E-state index in [0.29, 0.717) is 23.5 Å². The van der Waals surface area contributed by atoms with Crippen molar-refractivity contribution in [1.29, 1.82) is 0 Å². The Balaban J connectivity index is 2.09. The van der Waals surface area contributed by atoms with Gasteiger partial charge < -0.3 is 14.0 Å². The van der Waals surface area contributed by atoms with Gasteiger partial charge in [0.15, 0.2) is 5.78 Å². The van der Waals surface area contributed by atoms with Gasteiger partial charge >= 0.3 is 5.97 Å². The van der Waals surface area contributed by atoms with Gasteiger partial charge in [-0.15, -0.1) is 0 Å². The van der Waals surface area contributed by atoms with Crippen molar-refractivity contribution in [2.24, 2.45) is 0 Å².